The van der Waals surface area contributed by atoms with Crippen molar-refractivity contribution >= 4 is 17.3 Å². The van der Waals surface area contributed by atoms with Crippen molar-refractivity contribution in [2.24, 2.45) is 0 Å². The third-order valence-corrected chi connectivity index (χ3v) is 6.59. The summed E-state index contributed by atoms with van der Waals surface area (Å²) in [5.74, 6) is 0.462. The lowest BCUT2D eigenvalue weighted by molar-refractivity contribution is -0.385. The number of hydrogen-bond acceptors (Lipinski definition) is 7. The van der Waals surface area contributed by atoms with Crippen LogP contribution in [0.3, 0.4) is 0 Å². The molecule has 3 aromatic carbocycles. The molecule has 1 fully saturated rings. The molecule has 1 aromatic heterocycles. The Balaban J connectivity index is 1.18. The molecular weight excluding hydrogens is 484 g/mol. The van der Waals surface area contributed by atoms with Crippen LogP contribution >= 0.6 is 0 Å². The highest BCUT2D eigenvalue weighted by molar-refractivity contribution is 6.02. The normalized spacial score (nSPS) is 14.2. The van der Waals surface area contributed by atoms with Crippen molar-refractivity contribution in [2.75, 3.05) is 25.5 Å². The molecule has 10 nitrogen and oxygen atoms in total. The van der Waals surface area contributed by atoms with Crippen molar-refractivity contribution in [3.8, 4) is 16.9 Å². The van der Waals surface area contributed by atoms with Gasteiger partial charge in [-0.2, -0.15) is 0 Å². The average Bonchev–Trinajstić information content (AvgIpc) is 3.40. The highest BCUT2D eigenvalue weighted by atomic mass is 16.6. The van der Waals surface area contributed by atoms with Gasteiger partial charge in [0.1, 0.15) is 11.9 Å². The molecule has 1 amide bonds. The lowest BCUT2D eigenvalue weighted by Crippen LogP contribution is -2.35. The zero-order valence-corrected chi connectivity index (χ0v) is 21.0. The van der Waals surface area contributed by atoms with E-state index in [2.05, 4.69) is 27.6 Å². The van der Waals surface area contributed by atoms with E-state index in [1.54, 1.807) is 18.2 Å². The minimum absolute atomic E-state index is 0.00601. The second-order valence-electron chi connectivity index (χ2n) is 9.36. The van der Waals surface area contributed by atoms with E-state index in [1.807, 2.05) is 48.5 Å². The maximum atomic E-state index is 12.7. The molecular formula is C28H28N6O4. The lowest BCUT2D eigenvalue weighted by atomic mass is 10.0. The second kappa shape index (κ2) is 11.2. The summed E-state index contributed by atoms with van der Waals surface area (Å²) in [6.45, 7) is 2.25. The maximum Gasteiger partial charge on any atom is 0.277 e. The molecule has 1 aliphatic heterocycles. The van der Waals surface area contributed by atoms with Gasteiger partial charge < -0.3 is 15.0 Å². The van der Waals surface area contributed by atoms with Crippen LogP contribution in [0.25, 0.3) is 11.1 Å². The summed E-state index contributed by atoms with van der Waals surface area (Å²) in [6.07, 6.45) is 3.81. The Labute approximate surface area is 220 Å². The van der Waals surface area contributed by atoms with Crippen molar-refractivity contribution < 1.29 is 14.5 Å². The molecule has 0 bridgehead atoms. The molecule has 38 heavy (non-hydrogen) atoms. The zero-order chi connectivity index (χ0) is 26.5. The van der Waals surface area contributed by atoms with Gasteiger partial charge in [0.25, 0.3) is 11.6 Å². The molecule has 2 heterocycles. The number of amides is 1. The largest absolute Gasteiger partial charge is 0.490 e. The number of nitro benzene ring substituents is 1. The quantitative estimate of drug-likeness (QED) is 0.270. The number of carbonyl (C=O) groups excluding carboxylic acids is 1. The number of benzene rings is 3. The number of nitrogens with one attached hydrogen (secondary N) is 1. The number of aromatic nitrogens is 3. The molecule has 0 atom stereocenters. The molecule has 0 saturated carbocycles. The Morgan fingerprint density at radius 2 is 1.68 bits per heavy atom. The van der Waals surface area contributed by atoms with Gasteiger partial charge in [-0.05, 0) is 55.3 Å². The topological polar surface area (TPSA) is 115 Å². The van der Waals surface area contributed by atoms with Crippen LogP contribution in [0, 0.1) is 10.1 Å². The van der Waals surface area contributed by atoms with E-state index in [4.69, 9.17) is 4.74 Å². The van der Waals surface area contributed by atoms with E-state index in [-0.39, 0.29) is 24.0 Å². The van der Waals surface area contributed by atoms with Crippen LogP contribution in [0.2, 0.25) is 0 Å². The van der Waals surface area contributed by atoms with Gasteiger partial charge in [-0.3, -0.25) is 14.9 Å². The van der Waals surface area contributed by atoms with Gasteiger partial charge in [0.15, 0.2) is 5.69 Å². The lowest BCUT2D eigenvalue weighted by Gasteiger charge is -2.29. The Kier molecular flexibility index (Phi) is 7.41. The molecule has 1 saturated heterocycles. The molecule has 5 rings (SSSR count). The number of likely N-dealkylation sites (tertiary alicyclic amines) is 1. The second-order valence-corrected chi connectivity index (χ2v) is 9.36. The monoisotopic (exact) mass is 512 g/mol. The Bertz CT molecular complexity index is 1410. The van der Waals surface area contributed by atoms with Crippen LogP contribution in [0.4, 0.5) is 11.4 Å². The third kappa shape index (κ3) is 6.04. The summed E-state index contributed by atoms with van der Waals surface area (Å²) in [5.41, 5.74) is 3.28. The molecule has 10 heteroatoms. The predicted octanol–water partition coefficient (Wildman–Crippen LogP) is 4.63. The number of rotatable bonds is 8. The first-order valence-corrected chi connectivity index (χ1v) is 12.4. The first-order chi connectivity index (χ1) is 18.4. The molecule has 0 spiro atoms. The summed E-state index contributed by atoms with van der Waals surface area (Å²) in [7, 11) is 2.14. The summed E-state index contributed by atoms with van der Waals surface area (Å²) >= 11 is 0. The van der Waals surface area contributed by atoms with Gasteiger partial charge in [-0.25, -0.2) is 4.68 Å². The molecule has 0 aliphatic carbocycles. The average molecular weight is 513 g/mol. The van der Waals surface area contributed by atoms with Crippen molar-refractivity contribution in [1.82, 2.24) is 19.9 Å². The Morgan fingerprint density at radius 3 is 2.37 bits per heavy atom. The number of piperidine rings is 1. The summed E-state index contributed by atoms with van der Waals surface area (Å²) in [6, 6.07) is 22.0. The number of anilines is 1. The van der Waals surface area contributed by atoms with Gasteiger partial charge in [0.2, 0.25) is 0 Å². The molecule has 1 aliphatic rings. The fourth-order valence-corrected chi connectivity index (χ4v) is 4.44. The van der Waals surface area contributed by atoms with Crippen LogP contribution in [0.15, 0.2) is 79.0 Å². The van der Waals surface area contributed by atoms with Crippen molar-refractivity contribution in [3.05, 3.63) is 100 Å². The van der Waals surface area contributed by atoms with Gasteiger partial charge in [0.05, 0.1) is 23.2 Å². The standard InChI is InChI=1S/C28H28N6O4/c1-32-16-14-25(15-17-32)38-24-12-8-21(9-13-24)20-6-10-23(11-7-20)29-28(35)26-19-33(31-30-26)18-22-4-2-3-5-27(22)34(36)37/h2-13,19,25H,14-18H2,1H3,(H,29,35). The number of nitrogens with zero attached hydrogens (tertiary/aromatic N) is 5. The predicted molar refractivity (Wildman–Crippen MR) is 143 cm³/mol. The highest BCUT2D eigenvalue weighted by Crippen LogP contribution is 2.26. The molecule has 4 aromatic rings. The fraction of sp³-hybridized carbons (Fsp3) is 0.250. The zero-order valence-electron chi connectivity index (χ0n) is 21.0. The van der Waals surface area contributed by atoms with Crippen LogP contribution in [0.5, 0.6) is 5.75 Å². The molecule has 1 N–H and O–H groups in total. The van der Waals surface area contributed by atoms with E-state index in [9.17, 15) is 14.9 Å². The van der Waals surface area contributed by atoms with Crippen molar-refractivity contribution in [2.45, 2.75) is 25.5 Å². The van der Waals surface area contributed by atoms with E-state index in [1.165, 1.54) is 16.9 Å². The van der Waals surface area contributed by atoms with Gasteiger partial charge in [-0.15, -0.1) is 5.10 Å². The van der Waals surface area contributed by atoms with E-state index in [0.717, 1.165) is 42.8 Å². The summed E-state index contributed by atoms with van der Waals surface area (Å²) < 4.78 is 7.54. The summed E-state index contributed by atoms with van der Waals surface area (Å²) in [5, 5.41) is 21.9. The van der Waals surface area contributed by atoms with Crippen molar-refractivity contribution in [1.29, 1.82) is 0 Å². The molecule has 0 radical (unpaired) electrons. The smallest absolute Gasteiger partial charge is 0.277 e. The molecule has 0 unspecified atom stereocenters. The highest BCUT2D eigenvalue weighted by Gasteiger charge is 2.18. The van der Waals surface area contributed by atoms with Crippen LogP contribution in [-0.4, -0.2) is 57.0 Å². The van der Waals surface area contributed by atoms with Gasteiger partial charge >= 0.3 is 0 Å². The fourth-order valence-electron chi connectivity index (χ4n) is 4.44. The maximum absolute atomic E-state index is 12.7. The van der Waals surface area contributed by atoms with Crippen molar-refractivity contribution in [3.63, 3.8) is 0 Å². The number of nitro groups is 1. The van der Waals surface area contributed by atoms with Gasteiger partial charge in [-0.1, -0.05) is 47.7 Å². The van der Waals surface area contributed by atoms with Crippen LogP contribution < -0.4 is 10.1 Å². The third-order valence-electron chi connectivity index (χ3n) is 6.59. The summed E-state index contributed by atoms with van der Waals surface area (Å²) in [4.78, 5) is 25.8. The van der Waals surface area contributed by atoms with E-state index >= 15 is 0 Å². The Hall–Kier alpha value is -4.57. The van der Waals surface area contributed by atoms with Crippen LogP contribution in [-0.2, 0) is 6.54 Å². The van der Waals surface area contributed by atoms with Crippen LogP contribution in [0.1, 0.15) is 28.9 Å². The number of carbonyl (C=O) groups is 1. The molecule has 194 valence electrons. The SMILES string of the molecule is CN1CCC(Oc2ccc(-c3ccc(NC(=O)c4cn(Cc5ccccc5[N+](=O)[O-])nn4)cc3)cc2)CC1. The first kappa shape index (κ1) is 25.1. The first-order valence-electron chi connectivity index (χ1n) is 12.4. The number of ether oxygens (including phenoxy) is 1. The van der Waals surface area contributed by atoms with Gasteiger partial charge in [0, 0.05) is 24.8 Å². The Morgan fingerprint density at radius 1 is 1.03 bits per heavy atom. The minimum Gasteiger partial charge on any atom is -0.490 e. The van der Waals surface area contributed by atoms with E-state index in [0.29, 0.717) is 11.3 Å². The van der Waals surface area contributed by atoms with E-state index < -0.39 is 10.8 Å². The number of hydrogen-bond donors (Lipinski definition) is 1. The number of para-hydroxylation sites is 1. The minimum atomic E-state index is -0.442.